The summed E-state index contributed by atoms with van der Waals surface area (Å²) < 4.78 is 0. The van der Waals surface area contributed by atoms with Gasteiger partial charge < -0.3 is 10.6 Å². The van der Waals surface area contributed by atoms with Crippen LogP contribution in [0.25, 0.3) is 0 Å². The van der Waals surface area contributed by atoms with Crippen LogP contribution in [0.4, 0.5) is 0 Å². The van der Waals surface area contributed by atoms with E-state index in [1.165, 1.54) is 32.1 Å². The molecule has 21 heavy (non-hydrogen) atoms. The zero-order chi connectivity index (χ0) is 14.4. The summed E-state index contributed by atoms with van der Waals surface area (Å²) in [5.74, 6) is 1.07. The van der Waals surface area contributed by atoms with Gasteiger partial charge in [-0.05, 0) is 61.8 Å². The molecule has 2 saturated carbocycles. The minimum atomic E-state index is 0. The van der Waals surface area contributed by atoms with E-state index in [1.54, 1.807) is 0 Å². The molecule has 2 N–H and O–H groups in total. The summed E-state index contributed by atoms with van der Waals surface area (Å²) in [4.78, 5) is 12.2. The monoisotopic (exact) mass is 314 g/mol. The molecule has 0 spiro atoms. The van der Waals surface area contributed by atoms with Crippen molar-refractivity contribution in [3.8, 4) is 0 Å². The molecule has 4 heteroatoms. The molecular weight excluding hydrogens is 284 g/mol. The van der Waals surface area contributed by atoms with Crippen molar-refractivity contribution in [2.45, 2.75) is 77.8 Å². The number of hydrogen-bond donors (Lipinski definition) is 2. The summed E-state index contributed by atoms with van der Waals surface area (Å²) in [7, 11) is 0. The Balaban J connectivity index is 0.00000161. The molecule has 122 valence electrons. The van der Waals surface area contributed by atoms with Crippen molar-refractivity contribution in [3.05, 3.63) is 0 Å². The van der Waals surface area contributed by atoms with E-state index in [2.05, 4.69) is 31.4 Å². The molecule has 1 heterocycles. The molecule has 3 rings (SSSR count). The fourth-order valence-electron chi connectivity index (χ4n) is 5.00. The van der Waals surface area contributed by atoms with E-state index < -0.39 is 0 Å². The van der Waals surface area contributed by atoms with E-state index in [0.717, 1.165) is 18.9 Å². The van der Waals surface area contributed by atoms with Gasteiger partial charge in [-0.25, -0.2) is 0 Å². The summed E-state index contributed by atoms with van der Waals surface area (Å²) in [5, 5.41) is 6.84. The van der Waals surface area contributed by atoms with Gasteiger partial charge in [-0.2, -0.15) is 0 Å². The molecule has 1 amide bonds. The van der Waals surface area contributed by atoms with Gasteiger partial charge in [0.1, 0.15) is 0 Å². The first-order chi connectivity index (χ1) is 9.43. The third kappa shape index (κ3) is 2.84. The minimum absolute atomic E-state index is 0. The summed E-state index contributed by atoms with van der Waals surface area (Å²) in [5.41, 5.74) is 0.691. The number of hydrogen-bond acceptors (Lipinski definition) is 2. The quantitative estimate of drug-likeness (QED) is 0.836. The third-order valence-corrected chi connectivity index (χ3v) is 7.01. The largest absolute Gasteiger partial charge is 0.353 e. The average Bonchev–Trinajstić information content (AvgIpc) is 3.02. The Labute approximate surface area is 135 Å². The van der Waals surface area contributed by atoms with Crippen LogP contribution in [0.5, 0.6) is 0 Å². The predicted molar refractivity (Wildman–Crippen MR) is 88.7 cm³/mol. The molecule has 0 aromatic carbocycles. The Bertz CT molecular complexity index is 392. The topological polar surface area (TPSA) is 41.1 Å². The lowest BCUT2D eigenvalue weighted by Crippen LogP contribution is -2.47. The maximum Gasteiger partial charge on any atom is 0.220 e. The van der Waals surface area contributed by atoms with Gasteiger partial charge in [0.05, 0.1) is 0 Å². The maximum absolute atomic E-state index is 12.2. The molecule has 4 atom stereocenters. The molecule has 2 bridgehead atoms. The highest BCUT2D eigenvalue weighted by molar-refractivity contribution is 5.85. The van der Waals surface area contributed by atoms with Crippen molar-refractivity contribution >= 4 is 18.3 Å². The Kier molecular flexibility index (Phi) is 4.94. The highest BCUT2D eigenvalue weighted by atomic mass is 35.5. The van der Waals surface area contributed by atoms with Gasteiger partial charge in [-0.3, -0.25) is 4.79 Å². The SMILES string of the molecule is CC1(C)C2CCC1(C)C(NC(=O)CCC1CCCN1)C2.Cl. The molecule has 1 aliphatic heterocycles. The van der Waals surface area contributed by atoms with Crippen molar-refractivity contribution in [1.29, 1.82) is 0 Å². The van der Waals surface area contributed by atoms with Gasteiger partial charge >= 0.3 is 0 Å². The van der Waals surface area contributed by atoms with E-state index in [-0.39, 0.29) is 18.3 Å². The number of carbonyl (C=O) groups is 1. The lowest BCUT2D eigenvalue weighted by molar-refractivity contribution is -0.123. The Morgan fingerprint density at radius 1 is 1.29 bits per heavy atom. The second-order valence-corrected chi connectivity index (χ2v) is 8.06. The summed E-state index contributed by atoms with van der Waals surface area (Å²) in [6.07, 6.45) is 8.02. The van der Waals surface area contributed by atoms with Crippen LogP contribution in [0, 0.1) is 16.7 Å². The van der Waals surface area contributed by atoms with Gasteiger partial charge in [-0.15, -0.1) is 12.4 Å². The standard InChI is InChI=1S/C17H30N2O.ClH/c1-16(2)12-8-9-17(16,3)14(11-12)19-15(20)7-6-13-5-4-10-18-13;/h12-14,18H,4-11H2,1-3H3,(H,19,20);1H. The first-order valence-corrected chi connectivity index (χ1v) is 8.46. The Morgan fingerprint density at radius 3 is 2.57 bits per heavy atom. The average molecular weight is 315 g/mol. The van der Waals surface area contributed by atoms with E-state index in [0.29, 0.717) is 29.3 Å². The molecule has 0 radical (unpaired) electrons. The fraction of sp³-hybridized carbons (Fsp3) is 0.941. The second kappa shape index (κ2) is 6.08. The number of carbonyl (C=O) groups excluding carboxylic acids is 1. The van der Waals surface area contributed by atoms with Crippen LogP contribution in [0.3, 0.4) is 0 Å². The Morgan fingerprint density at radius 2 is 2.05 bits per heavy atom. The maximum atomic E-state index is 12.2. The van der Waals surface area contributed by atoms with Gasteiger partial charge in [-0.1, -0.05) is 20.8 Å². The van der Waals surface area contributed by atoms with Crippen LogP contribution < -0.4 is 10.6 Å². The predicted octanol–water partition coefficient (Wildman–Crippen LogP) is 3.27. The zero-order valence-corrected chi connectivity index (χ0v) is 14.5. The summed E-state index contributed by atoms with van der Waals surface area (Å²) >= 11 is 0. The van der Waals surface area contributed by atoms with Gasteiger partial charge in [0.2, 0.25) is 5.91 Å². The molecule has 2 aliphatic carbocycles. The molecular formula is C17H31ClN2O. The zero-order valence-electron chi connectivity index (χ0n) is 13.7. The molecule has 3 nitrogen and oxygen atoms in total. The van der Waals surface area contributed by atoms with Crippen LogP contribution in [0.2, 0.25) is 0 Å². The van der Waals surface area contributed by atoms with Gasteiger partial charge in [0, 0.05) is 18.5 Å². The van der Waals surface area contributed by atoms with Crippen LogP contribution in [0.1, 0.15) is 65.7 Å². The third-order valence-electron chi connectivity index (χ3n) is 7.01. The van der Waals surface area contributed by atoms with Crippen molar-refractivity contribution in [1.82, 2.24) is 10.6 Å². The normalized spacial score (nSPS) is 40.0. The highest BCUT2D eigenvalue weighted by Gasteiger charge is 2.61. The van der Waals surface area contributed by atoms with E-state index in [1.807, 2.05) is 0 Å². The van der Waals surface area contributed by atoms with E-state index in [9.17, 15) is 4.79 Å². The lowest BCUT2D eigenvalue weighted by Gasteiger charge is -2.39. The van der Waals surface area contributed by atoms with Crippen molar-refractivity contribution in [2.24, 2.45) is 16.7 Å². The van der Waals surface area contributed by atoms with Gasteiger partial charge in [0.25, 0.3) is 0 Å². The van der Waals surface area contributed by atoms with Crippen LogP contribution in [-0.4, -0.2) is 24.5 Å². The number of nitrogens with one attached hydrogen (secondary N) is 2. The smallest absolute Gasteiger partial charge is 0.220 e. The van der Waals surface area contributed by atoms with Crippen molar-refractivity contribution in [2.75, 3.05) is 6.54 Å². The molecule has 3 aliphatic rings. The molecule has 0 aromatic heterocycles. The fourth-order valence-corrected chi connectivity index (χ4v) is 5.00. The first-order valence-electron chi connectivity index (χ1n) is 8.46. The van der Waals surface area contributed by atoms with Crippen molar-refractivity contribution < 1.29 is 4.79 Å². The van der Waals surface area contributed by atoms with Crippen LogP contribution >= 0.6 is 12.4 Å². The summed E-state index contributed by atoms with van der Waals surface area (Å²) in [6, 6.07) is 0.980. The Hall–Kier alpha value is -0.280. The second-order valence-electron chi connectivity index (χ2n) is 8.06. The van der Waals surface area contributed by atoms with Crippen molar-refractivity contribution in [3.63, 3.8) is 0 Å². The number of amides is 1. The number of rotatable bonds is 4. The van der Waals surface area contributed by atoms with Gasteiger partial charge in [0.15, 0.2) is 0 Å². The van der Waals surface area contributed by atoms with E-state index in [4.69, 9.17) is 0 Å². The number of fused-ring (bicyclic) bond motifs is 2. The molecule has 0 aromatic rings. The molecule has 4 unspecified atom stereocenters. The minimum Gasteiger partial charge on any atom is -0.353 e. The molecule has 3 fully saturated rings. The molecule has 1 saturated heterocycles. The highest BCUT2D eigenvalue weighted by Crippen LogP contribution is 2.65. The lowest BCUT2D eigenvalue weighted by atomic mass is 9.69. The van der Waals surface area contributed by atoms with Crippen LogP contribution in [0.15, 0.2) is 0 Å². The number of halogens is 1. The summed E-state index contributed by atoms with van der Waals surface area (Å²) in [6.45, 7) is 8.32. The van der Waals surface area contributed by atoms with Crippen LogP contribution in [-0.2, 0) is 4.79 Å². The first kappa shape index (κ1) is 17.1. The van der Waals surface area contributed by atoms with E-state index >= 15 is 0 Å².